The summed E-state index contributed by atoms with van der Waals surface area (Å²) >= 11 is 0. The van der Waals surface area contributed by atoms with Crippen molar-refractivity contribution in [1.29, 1.82) is 0 Å². The molecule has 0 saturated carbocycles. The van der Waals surface area contributed by atoms with Gasteiger partial charge in [0.25, 0.3) is 0 Å². The van der Waals surface area contributed by atoms with Crippen LogP contribution in [-0.2, 0) is 9.59 Å². The molecule has 0 amide bonds. The average Bonchev–Trinajstić information content (AvgIpc) is 2.27. The Labute approximate surface area is 105 Å². The summed E-state index contributed by atoms with van der Waals surface area (Å²) in [6, 6.07) is 0. The van der Waals surface area contributed by atoms with Crippen LogP contribution in [0.3, 0.4) is 0 Å². The number of carbonyl (C=O) groups is 2. The standard InChI is InChI=1S/C12H18O6/c1-7(11(15)16)3-9(6-13)5-10(14)4-8(2)12(17)18/h3-4,9-10,13-14H,5-6H2,1-2H3,(H,15,16)(H,17,18). The van der Waals surface area contributed by atoms with Crippen LogP contribution in [0.1, 0.15) is 20.3 Å². The van der Waals surface area contributed by atoms with Crippen molar-refractivity contribution in [3.05, 3.63) is 23.3 Å². The van der Waals surface area contributed by atoms with E-state index >= 15 is 0 Å². The molecule has 0 aliphatic carbocycles. The van der Waals surface area contributed by atoms with Crippen LogP contribution in [0.2, 0.25) is 0 Å². The third-order valence-corrected chi connectivity index (χ3v) is 2.38. The second-order valence-corrected chi connectivity index (χ2v) is 4.06. The van der Waals surface area contributed by atoms with E-state index in [0.717, 1.165) is 6.08 Å². The van der Waals surface area contributed by atoms with E-state index in [1.807, 2.05) is 0 Å². The maximum atomic E-state index is 10.6. The Bertz CT molecular complexity index is 369. The molecule has 0 aliphatic rings. The summed E-state index contributed by atoms with van der Waals surface area (Å²) in [7, 11) is 0. The summed E-state index contributed by atoms with van der Waals surface area (Å²) in [4.78, 5) is 21.1. The highest BCUT2D eigenvalue weighted by molar-refractivity contribution is 5.86. The van der Waals surface area contributed by atoms with Gasteiger partial charge in [-0.25, -0.2) is 9.59 Å². The molecule has 18 heavy (non-hydrogen) atoms. The van der Waals surface area contributed by atoms with Crippen LogP contribution in [0.15, 0.2) is 23.3 Å². The minimum atomic E-state index is -1.13. The second-order valence-electron chi connectivity index (χ2n) is 4.06. The van der Waals surface area contributed by atoms with Crippen molar-refractivity contribution < 1.29 is 30.0 Å². The topological polar surface area (TPSA) is 115 Å². The molecular weight excluding hydrogens is 240 g/mol. The summed E-state index contributed by atoms with van der Waals surface area (Å²) in [6.07, 6.45) is 1.52. The molecule has 102 valence electrons. The number of aliphatic hydroxyl groups excluding tert-OH is 2. The molecule has 0 heterocycles. The monoisotopic (exact) mass is 258 g/mol. The molecule has 0 saturated heterocycles. The Balaban J connectivity index is 4.65. The third-order valence-electron chi connectivity index (χ3n) is 2.38. The van der Waals surface area contributed by atoms with Crippen molar-refractivity contribution in [2.24, 2.45) is 5.92 Å². The number of carboxylic acid groups (broad SMARTS) is 2. The largest absolute Gasteiger partial charge is 0.478 e. The maximum Gasteiger partial charge on any atom is 0.331 e. The van der Waals surface area contributed by atoms with Crippen molar-refractivity contribution in [2.45, 2.75) is 26.4 Å². The lowest BCUT2D eigenvalue weighted by Crippen LogP contribution is -2.15. The molecule has 0 aliphatic heterocycles. The van der Waals surface area contributed by atoms with E-state index in [1.165, 1.54) is 19.9 Å². The minimum Gasteiger partial charge on any atom is -0.478 e. The second kappa shape index (κ2) is 7.62. The minimum absolute atomic E-state index is 0.00174. The first kappa shape index (κ1) is 16.3. The quantitative estimate of drug-likeness (QED) is 0.491. The van der Waals surface area contributed by atoms with Crippen molar-refractivity contribution in [3.63, 3.8) is 0 Å². The number of hydrogen-bond acceptors (Lipinski definition) is 4. The highest BCUT2D eigenvalue weighted by Gasteiger charge is 2.13. The normalized spacial score (nSPS) is 16.2. The van der Waals surface area contributed by atoms with E-state index in [1.54, 1.807) is 0 Å². The van der Waals surface area contributed by atoms with Gasteiger partial charge in [-0.2, -0.15) is 0 Å². The Morgan fingerprint density at radius 2 is 1.50 bits per heavy atom. The molecule has 2 atom stereocenters. The van der Waals surface area contributed by atoms with Crippen LogP contribution < -0.4 is 0 Å². The fourth-order valence-electron chi connectivity index (χ4n) is 1.36. The number of rotatable bonds is 7. The van der Waals surface area contributed by atoms with Crippen LogP contribution in [0.25, 0.3) is 0 Å². The SMILES string of the molecule is CC(=CC(O)CC(C=C(C)C(=O)O)CO)C(=O)O. The Hall–Kier alpha value is -1.66. The molecule has 0 aromatic carbocycles. The summed E-state index contributed by atoms with van der Waals surface area (Å²) in [5.41, 5.74) is 0.0679. The number of carboxylic acids is 2. The van der Waals surface area contributed by atoms with Gasteiger partial charge in [0.2, 0.25) is 0 Å². The van der Waals surface area contributed by atoms with E-state index in [0.29, 0.717) is 0 Å². The molecule has 0 rings (SSSR count). The van der Waals surface area contributed by atoms with Gasteiger partial charge in [0.1, 0.15) is 0 Å². The predicted molar refractivity (Wildman–Crippen MR) is 64.0 cm³/mol. The molecule has 0 radical (unpaired) electrons. The van der Waals surface area contributed by atoms with E-state index in [2.05, 4.69) is 0 Å². The third kappa shape index (κ3) is 6.17. The molecule has 0 bridgehead atoms. The van der Waals surface area contributed by atoms with Crippen LogP contribution in [0, 0.1) is 5.92 Å². The molecule has 6 nitrogen and oxygen atoms in total. The molecule has 0 fully saturated rings. The lowest BCUT2D eigenvalue weighted by atomic mass is 9.98. The van der Waals surface area contributed by atoms with Crippen molar-refractivity contribution in [2.75, 3.05) is 6.61 Å². The fourth-order valence-corrected chi connectivity index (χ4v) is 1.36. The molecule has 4 N–H and O–H groups in total. The van der Waals surface area contributed by atoms with Gasteiger partial charge in [-0.05, 0) is 26.3 Å². The van der Waals surface area contributed by atoms with E-state index in [9.17, 15) is 14.7 Å². The van der Waals surface area contributed by atoms with Crippen molar-refractivity contribution in [3.8, 4) is 0 Å². The average molecular weight is 258 g/mol. The van der Waals surface area contributed by atoms with Crippen molar-refractivity contribution in [1.82, 2.24) is 0 Å². The molecular formula is C12H18O6. The Kier molecular flexibility index (Phi) is 6.92. The summed E-state index contributed by atoms with van der Waals surface area (Å²) in [5, 5.41) is 36.0. The van der Waals surface area contributed by atoms with E-state index in [4.69, 9.17) is 15.3 Å². The zero-order valence-electron chi connectivity index (χ0n) is 10.3. The lowest BCUT2D eigenvalue weighted by Gasteiger charge is -2.13. The highest BCUT2D eigenvalue weighted by atomic mass is 16.4. The van der Waals surface area contributed by atoms with Gasteiger partial charge in [0.15, 0.2) is 0 Å². The van der Waals surface area contributed by atoms with Crippen molar-refractivity contribution >= 4 is 11.9 Å². The molecule has 0 spiro atoms. The summed E-state index contributed by atoms with van der Waals surface area (Å²) in [6.45, 7) is 2.41. The maximum absolute atomic E-state index is 10.6. The lowest BCUT2D eigenvalue weighted by molar-refractivity contribution is -0.133. The highest BCUT2D eigenvalue weighted by Crippen LogP contribution is 2.13. The van der Waals surface area contributed by atoms with Gasteiger partial charge in [-0.15, -0.1) is 0 Å². The van der Waals surface area contributed by atoms with Crippen LogP contribution in [-0.4, -0.2) is 45.1 Å². The van der Waals surface area contributed by atoms with Gasteiger partial charge in [-0.1, -0.05) is 6.08 Å². The van der Waals surface area contributed by atoms with Gasteiger partial charge >= 0.3 is 11.9 Å². The number of aliphatic carboxylic acids is 2. The fraction of sp³-hybridized carbons (Fsp3) is 0.500. The van der Waals surface area contributed by atoms with Gasteiger partial charge in [0.05, 0.1) is 6.10 Å². The van der Waals surface area contributed by atoms with Gasteiger partial charge < -0.3 is 20.4 Å². The Morgan fingerprint density at radius 1 is 1.06 bits per heavy atom. The first-order valence-corrected chi connectivity index (χ1v) is 5.40. The summed E-state index contributed by atoms with van der Waals surface area (Å²) < 4.78 is 0. The smallest absolute Gasteiger partial charge is 0.331 e. The first-order chi connectivity index (χ1) is 8.27. The van der Waals surface area contributed by atoms with Gasteiger partial charge in [-0.3, -0.25) is 0 Å². The molecule has 0 aromatic heterocycles. The summed E-state index contributed by atoms with van der Waals surface area (Å²) in [5.74, 6) is -2.76. The number of aliphatic hydroxyl groups is 2. The first-order valence-electron chi connectivity index (χ1n) is 5.40. The zero-order valence-corrected chi connectivity index (χ0v) is 10.3. The van der Waals surface area contributed by atoms with E-state index < -0.39 is 24.0 Å². The Morgan fingerprint density at radius 3 is 1.89 bits per heavy atom. The molecule has 6 heteroatoms. The van der Waals surface area contributed by atoms with Crippen LogP contribution >= 0.6 is 0 Å². The van der Waals surface area contributed by atoms with Crippen LogP contribution in [0.5, 0.6) is 0 Å². The number of hydrogen-bond donors (Lipinski definition) is 4. The zero-order chi connectivity index (χ0) is 14.3. The van der Waals surface area contributed by atoms with E-state index in [-0.39, 0.29) is 24.2 Å². The van der Waals surface area contributed by atoms with Gasteiger partial charge in [0, 0.05) is 23.7 Å². The molecule has 2 unspecified atom stereocenters. The predicted octanol–water partition coefficient (Wildman–Crippen LogP) is 0.408. The van der Waals surface area contributed by atoms with Crippen LogP contribution in [0.4, 0.5) is 0 Å². The molecule has 0 aromatic rings.